The zero-order valence-corrected chi connectivity index (χ0v) is 44.4. The number of halogens is 1. The SMILES string of the molecule is CNC(=O)[C@@H]1CSSC[C@H](NC(=O)[C@H](Cc2cnc[nH]2)NC(=O)[C@H](Cc2ccccc2)NC(C)=O)C(=O)N2CC(C)C[C@H]2C(=O)N[C@@H](Cc2ccc(O)c(Cl)c2)C(=O)N[C@@H](CC(=O)O)C(=O)N[C@@H](CC(C)C)C(=O)N1. The van der Waals surface area contributed by atoms with Crippen LogP contribution in [0.2, 0.25) is 5.02 Å². The molecule has 9 amide bonds. The number of aromatic amines is 1. The molecule has 5 rings (SSSR count). The van der Waals surface area contributed by atoms with Crippen LogP contribution in [0, 0.1) is 11.8 Å². The van der Waals surface area contributed by atoms with Crippen LogP contribution in [0.3, 0.4) is 0 Å². The topological polar surface area (TPSA) is 339 Å². The predicted octanol–water partition coefficient (Wildman–Crippen LogP) is 0.109. The van der Waals surface area contributed by atoms with Crippen LogP contribution in [0.1, 0.15) is 63.8 Å². The van der Waals surface area contributed by atoms with Crippen LogP contribution in [-0.4, -0.2) is 158 Å². The van der Waals surface area contributed by atoms with Gasteiger partial charge >= 0.3 is 5.97 Å². The average Bonchev–Trinajstić information content (AvgIpc) is 4.03. The van der Waals surface area contributed by atoms with Crippen LogP contribution in [0.5, 0.6) is 5.75 Å². The summed E-state index contributed by atoms with van der Waals surface area (Å²) in [6.07, 6.45) is 1.64. The minimum Gasteiger partial charge on any atom is -0.506 e. The van der Waals surface area contributed by atoms with Crippen LogP contribution < -0.4 is 42.5 Å². The summed E-state index contributed by atoms with van der Waals surface area (Å²) in [4.78, 5) is 146. The molecular formula is C49H64ClN11O12S2. The number of carboxylic acid groups (broad SMARTS) is 1. The van der Waals surface area contributed by atoms with Crippen molar-refractivity contribution >= 4 is 92.3 Å². The number of nitrogens with zero attached hydrogens (tertiary/aromatic N) is 2. The fraction of sp³-hybridized carbons (Fsp3) is 0.490. The number of aromatic nitrogens is 2. The molecule has 26 heteroatoms. The summed E-state index contributed by atoms with van der Waals surface area (Å²) in [5.74, 6) is -9.60. The molecule has 3 heterocycles. The maximum Gasteiger partial charge on any atom is 0.305 e. The second-order valence-corrected chi connectivity index (χ2v) is 21.8. The van der Waals surface area contributed by atoms with Gasteiger partial charge in [0.1, 0.15) is 54.1 Å². The molecule has 0 bridgehead atoms. The molecule has 2 aliphatic heterocycles. The summed E-state index contributed by atoms with van der Waals surface area (Å²) in [6, 6.07) is 1.91. The largest absolute Gasteiger partial charge is 0.506 e. The van der Waals surface area contributed by atoms with Crippen LogP contribution in [0.25, 0.3) is 0 Å². The number of phenols is 1. The molecule has 2 saturated heterocycles. The van der Waals surface area contributed by atoms with Crippen molar-refractivity contribution < 1.29 is 58.2 Å². The van der Waals surface area contributed by atoms with Gasteiger partial charge in [0.2, 0.25) is 53.2 Å². The van der Waals surface area contributed by atoms with Crippen LogP contribution in [0.15, 0.2) is 61.1 Å². The van der Waals surface area contributed by atoms with E-state index in [9.17, 15) is 53.4 Å². The second-order valence-electron chi connectivity index (χ2n) is 18.8. The van der Waals surface area contributed by atoms with Crippen molar-refractivity contribution in [3.05, 3.63) is 82.9 Å². The Labute approximate surface area is 446 Å². The molecule has 0 aliphatic carbocycles. The molecule has 0 saturated carbocycles. The normalized spacial score (nSPS) is 23.0. The van der Waals surface area contributed by atoms with Gasteiger partial charge in [0.25, 0.3) is 0 Å². The highest BCUT2D eigenvalue weighted by atomic mass is 35.5. The van der Waals surface area contributed by atoms with E-state index in [-0.39, 0.29) is 72.8 Å². The molecule has 9 atom stereocenters. The Morgan fingerprint density at radius 1 is 0.827 bits per heavy atom. The standard InChI is InChI=1S/C49H64ClN11O12S2/c1-25(2)13-32-43(67)59-37(42(66)51-5)22-74-75-23-38(60-46(70)35(18-30-20-52-24-53-30)56-44(68)33(54-27(4)62)16-28-9-7-6-8-10-28)49(73)61-21-26(3)14-39(61)48(72)58-34(17-29-11-12-40(63)31(50)15-29)45(69)57-36(19-41(64)65)47(71)55-32/h6-12,15,20,24-26,32-39,63H,13-14,16-19,21-23H2,1-5H3,(H,51,66)(H,52,53)(H,54,62)(H,55,71)(H,56,68)(H,57,69)(H,58,72)(H,59,67)(H,60,70)(H,64,65)/t26?,32-,33-,34-,35-,36-,37-,38-,39-/m0/s1. The average molecular weight is 1100 g/mol. The number of aromatic hydroxyl groups is 1. The number of likely N-dealkylation sites (N-methyl/N-ethyl adjacent to an activating group) is 1. The predicted molar refractivity (Wildman–Crippen MR) is 278 cm³/mol. The molecule has 2 fully saturated rings. The van der Waals surface area contributed by atoms with Gasteiger partial charge in [-0.3, -0.25) is 47.9 Å². The Kier molecular flexibility index (Phi) is 22.2. The third-order valence-electron chi connectivity index (χ3n) is 12.2. The number of carboxylic acids is 1. The van der Waals surface area contributed by atoms with E-state index >= 15 is 4.79 Å². The number of hydrogen-bond donors (Lipinski definition) is 11. The van der Waals surface area contributed by atoms with Crippen LogP contribution in [0.4, 0.5) is 0 Å². The van der Waals surface area contributed by atoms with E-state index in [1.807, 2.05) is 0 Å². The van der Waals surface area contributed by atoms with Gasteiger partial charge in [-0.05, 0) is 47.9 Å². The van der Waals surface area contributed by atoms with Gasteiger partial charge in [0.05, 0.1) is 17.8 Å². The maximum atomic E-state index is 15.0. The van der Waals surface area contributed by atoms with Crippen molar-refractivity contribution in [3.63, 3.8) is 0 Å². The molecule has 23 nitrogen and oxygen atoms in total. The molecule has 406 valence electrons. The molecular weight excluding hydrogens is 1030 g/mol. The first-order valence-corrected chi connectivity index (χ1v) is 27.0. The number of H-pyrrole nitrogens is 1. The number of benzene rings is 2. The summed E-state index contributed by atoms with van der Waals surface area (Å²) in [7, 11) is 3.48. The van der Waals surface area contributed by atoms with Gasteiger partial charge in [-0.15, -0.1) is 0 Å². The highest BCUT2D eigenvalue weighted by Gasteiger charge is 2.43. The van der Waals surface area contributed by atoms with Crippen molar-refractivity contribution in [1.29, 1.82) is 0 Å². The summed E-state index contributed by atoms with van der Waals surface area (Å²) in [6.45, 7) is 6.59. The maximum absolute atomic E-state index is 15.0. The Morgan fingerprint density at radius 3 is 2.12 bits per heavy atom. The first-order chi connectivity index (χ1) is 35.6. The molecule has 2 aliphatic rings. The Bertz CT molecular complexity index is 2540. The van der Waals surface area contributed by atoms with E-state index in [0.29, 0.717) is 11.3 Å². The number of carbonyl (C=O) groups excluding carboxylic acids is 9. The fourth-order valence-corrected chi connectivity index (χ4v) is 11.0. The number of amides is 9. The first kappa shape index (κ1) is 59.0. The molecule has 2 aromatic carbocycles. The quantitative estimate of drug-likeness (QED) is 0.0849. The highest BCUT2D eigenvalue weighted by Crippen LogP contribution is 2.29. The molecule has 3 aromatic rings. The van der Waals surface area contributed by atoms with Crippen molar-refractivity contribution in [3.8, 4) is 5.75 Å². The summed E-state index contributed by atoms with van der Waals surface area (Å²) in [5.41, 5.74) is 1.49. The molecule has 1 aromatic heterocycles. The van der Waals surface area contributed by atoms with Gasteiger partial charge in [0, 0.05) is 63.2 Å². The van der Waals surface area contributed by atoms with Crippen molar-refractivity contribution in [1.82, 2.24) is 57.4 Å². The lowest BCUT2D eigenvalue weighted by Crippen LogP contribution is -2.61. The first-order valence-electron chi connectivity index (χ1n) is 24.2. The van der Waals surface area contributed by atoms with Gasteiger partial charge < -0.3 is 62.6 Å². The van der Waals surface area contributed by atoms with Crippen LogP contribution >= 0.6 is 33.2 Å². The molecule has 1 unspecified atom stereocenters. The Hall–Kier alpha value is -6.86. The van der Waals surface area contributed by atoms with Crippen molar-refractivity contribution in [2.45, 2.75) is 115 Å². The van der Waals surface area contributed by atoms with E-state index < -0.39 is 114 Å². The third kappa shape index (κ3) is 17.9. The lowest BCUT2D eigenvalue weighted by atomic mass is 10.0. The molecule has 75 heavy (non-hydrogen) atoms. The van der Waals surface area contributed by atoms with Gasteiger partial charge in [-0.1, -0.05) is 90.4 Å². The minimum absolute atomic E-state index is 0.0148. The van der Waals surface area contributed by atoms with Crippen molar-refractivity contribution in [2.75, 3.05) is 25.1 Å². The number of rotatable bonds is 16. The Balaban J connectivity index is 1.54. The minimum atomic E-state index is -1.79. The number of fused-ring (bicyclic) bond motifs is 1. The number of phenolic OH excluding ortho intramolecular Hbond substituents is 1. The second kappa shape index (κ2) is 28.2. The van der Waals surface area contributed by atoms with E-state index in [1.54, 1.807) is 51.1 Å². The lowest BCUT2D eigenvalue weighted by Gasteiger charge is -2.31. The van der Waals surface area contributed by atoms with Gasteiger partial charge in [-0.2, -0.15) is 0 Å². The van der Waals surface area contributed by atoms with Gasteiger partial charge in [-0.25, -0.2) is 4.98 Å². The fourth-order valence-electron chi connectivity index (χ4n) is 8.47. The van der Waals surface area contributed by atoms with E-state index in [2.05, 4.69) is 52.5 Å². The summed E-state index contributed by atoms with van der Waals surface area (Å²) in [5, 5.41) is 40.9. The number of aliphatic carboxylic acids is 1. The zero-order chi connectivity index (χ0) is 54.9. The zero-order valence-electron chi connectivity index (χ0n) is 42.0. The lowest BCUT2D eigenvalue weighted by molar-refractivity contribution is -0.142. The Morgan fingerprint density at radius 2 is 1.48 bits per heavy atom. The molecule has 0 radical (unpaired) electrons. The monoisotopic (exact) mass is 1100 g/mol. The van der Waals surface area contributed by atoms with Gasteiger partial charge in [0.15, 0.2) is 0 Å². The van der Waals surface area contributed by atoms with Crippen molar-refractivity contribution in [2.24, 2.45) is 11.8 Å². The molecule has 0 spiro atoms. The number of imidazole rings is 1. The highest BCUT2D eigenvalue weighted by molar-refractivity contribution is 8.76. The van der Waals surface area contributed by atoms with E-state index in [0.717, 1.165) is 27.2 Å². The molecule has 11 N–H and O–H groups in total. The number of nitrogens with one attached hydrogen (secondary N) is 9. The summed E-state index contributed by atoms with van der Waals surface area (Å²) >= 11 is 6.21. The smallest absolute Gasteiger partial charge is 0.305 e. The summed E-state index contributed by atoms with van der Waals surface area (Å²) < 4.78 is 0. The van der Waals surface area contributed by atoms with Crippen LogP contribution in [-0.2, 0) is 67.2 Å². The third-order valence-corrected chi connectivity index (χ3v) is 14.9. The van der Waals surface area contributed by atoms with E-state index in [4.69, 9.17) is 11.6 Å². The van der Waals surface area contributed by atoms with E-state index in [1.165, 1.54) is 49.6 Å². The number of hydrogen-bond acceptors (Lipinski definition) is 14. The number of carbonyl (C=O) groups is 10.